The van der Waals surface area contributed by atoms with Crippen molar-refractivity contribution in [1.82, 2.24) is 0 Å². The van der Waals surface area contributed by atoms with Crippen molar-refractivity contribution in [2.45, 2.75) is 13.8 Å². The molecule has 2 N–H and O–H groups in total. The van der Waals surface area contributed by atoms with E-state index in [9.17, 15) is 9.59 Å². The Balaban J connectivity index is 2.17. The number of methoxy groups -OCH3 is 2. The van der Waals surface area contributed by atoms with E-state index in [0.717, 1.165) is 0 Å². The zero-order valence-electron chi connectivity index (χ0n) is 14.8. The number of carbonyl (C=O) groups excluding carboxylic acids is 2. The van der Waals surface area contributed by atoms with Crippen molar-refractivity contribution in [2.75, 3.05) is 24.9 Å². The molecule has 0 fully saturated rings. The number of anilines is 2. The fraction of sp³-hybridized carbons (Fsp3) is 0.263. The van der Waals surface area contributed by atoms with Crippen molar-refractivity contribution in [3.63, 3.8) is 0 Å². The van der Waals surface area contributed by atoms with Crippen molar-refractivity contribution in [1.29, 1.82) is 0 Å². The number of hydrogen-bond donors (Lipinski definition) is 2. The van der Waals surface area contributed by atoms with Crippen LogP contribution < -0.4 is 20.1 Å². The highest BCUT2D eigenvalue weighted by Gasteiger charge is 2.36. The smallest absolute Gasteiger partial charge is 0.239 e. The molecular weight excluding hydrogens is 320 g/mol. The van der Waals surface area contributed by atoms with Gasteiger partial charge >= 0.3 is 0 Å². The summed E-state index contributed by atoms with van der Waals surface area (Å²) in [5.41, 5.74) is -0.219. The molecule has 0 heterocycles. The van der Waals surface area contributed by atoms with E-state index in [4.69, 9.17) is 9.47 Å². The summed E-state index contributed by atoms with van der Waals surface area (Å²) in [5.74, 6) is 0.196. The van der Waals surface area contributed by atoms with Crippen molar-refractivity contribution < 1.29 is 19.1 Å². The number of hydrogen-bond acceptors (Lipinski definition) is 4. The maximum Gasteiger partial charge on any atom is 0.239 e. The zero-order chi connectivity index (χ0) is 18.4. The predicted molar refractivity (Wildman–Crippen MR) is 97.0 cm³/mol. The molecule has 0 aliphatic rings. The van der Waals surface area contributed by atoms with Crippen LogP contribution >= 0.6 is 0 Å². The molecule has 0 aromatic heterocycles. The first-order valence-corrected chi connectivity index (χ1v) is 7.78. The van der Waals surface area contributed by atoms with Crippen molar-refractivity contribution in [3.8, 4) is 11.5 Å². The van der Waals surface area contributed by atoms with Crippen LogP contribution in [0.2, 0.25) is 0 Å². The van der Waals surface area contributed by atoms with Crippen LogP contribution in [0, 0.1) is 5.41 Å². The number of para-hydroxylation sites is 1. The highest BCUT2D eigenvalue weighted by atomic mass is 16.5. The lowest BCUT2D eigenvalue weighted by Crippen LogP contribution is -2.41. The summed E-state index contributed by atoms with van der Waals surface area (Å²) in [6, 6.07) is 14.0. The van der Waals surface area contributed by atoms with Gasteiger partial charge < -0.3 is 20.1 Å². The number of ether oxygens (including phenoxy) is 2. The van der Waals surface area contributed by atoms with Crippen LogP contribution in [0.15, 0.2) is 48.5 Å². The average molecular weight is 342 g/mol. The largest absolute Gasteiger partial charge is 0.497 e. The molecule has 2 aromatic rings. The molecule has 2 amide bonds. The van der Waals surface area contributed by atoms with Crippen LogP contribution in [0.4, 0.5) is 11.4 Å². The number of amides is 2. The quantitative estimate of drug-likeness (QED) is 0.790. The molecule has 6 nitrogen and oxygen atoms in total. The predicted octanol–water partition coefficient (Wildman–Crippen LogP) is 3.31. The van der Waals surface area contributed by atoms with Gasteiger partial charge in [-0.2, -0.15) is 0 Å². The molecule has 0 aliphatic carbocycles. The molecule has 0 aliphatic heterocycles. The van der Waals surface area contributed by atoms with Gasteiger partial charge in [-0.15, -0.1) is 0 Å². The monoisotopic (exact) mass is 342 g/mol. The van der Waals surface area contributed by atoms with Gasteiger partial charge in [-0.1, -0.05) is 18.2 Å². The summed E-state index contributed by atoms with van der Waals surface area (Å²) in [7, 11) is 3.04. The van der Waals surface area contributed by atoms with Gasteiger partial charge in [-0.25, -0.2) is 0 Å². The van der Waals surface area contributed by atoms with Crippen LogP contribution in [0.3, 0.4) is 0 Å². The van der Waals surface area contributed by atoms with Crippen LogP contribution in [-0.2, 0) is 9.59 Å². The van der Waals surface area contributed by atoms with Gasteiger partial charge in [-0.05, 0) is 38.1 Å². The second-order valence-corrected chi connectivity index (χ2v) is 5.97. The fourth-order valence-electron chi connectivity index (χ4n) is 2.10. The van der Waals surface area contributed by atoms with Gasteiger partial charge in [-0.3, -0.25) is 9.59 Å². The van der Waals surface area contributed by atoms with Gasteiger partial charge in [0.05, 0.1) is 19.9 Å². The number of rotatable bonds is 6. The van der Waals surface area contributed by atoms with Gasteiger partial charge in [0.25, 0.3) is 0 Å². The highest BCUT2D eigenvalue weighted by Crippen LogP contribution is 2.31. The van der Waals surface area contributed by atoms with E-state index in [1.165, 1.54) is 14.2 Å². The minimum atomic E-state index is -1.29. The van der Waals surface area contributed by atoms with E-state index in [2.05, 4.69) is 10.6 Å². The minimum absolute atomic E-state index is 0.405. The van der Waals surface area contributed by atoms with Gasteiger partial charge in [0.15, 0.2) is 0 Å². The van der Waals surface area contributed by atoms with Crippen LogP contribution in [-0.4, -0.2) is 26.0 Å². The molecule has 2 rings (SSSR count). The van der Waals surface area contributed by atoms with E-state index < -0.39 is 17.2 Å². The van der Waals surface area contributed by atoms with Gasteiger partial charge in [0.2, 0.25) is 11.8 Å². The van der Waals surface area contributed by atoms with E-state index in [1.54, 1.807) is 44.2 Å². The van der Waals surface area contributed by atoms with Crippen molar-refractivity contribution >= 4 is 23.2 Å². The third-order valence-electron chi connectivity index (χ3n) is 3.82. The molecule has 0 atom stereocenters. The first kappa shape index (κ1) is 18.3. The fourth-order valence-corrected chi connectivity index (χ4v) is 2.10. The third kappa shape index (κ3) is 4.29. The first-order valence-electron chi connectivity index (χ1n) is 7.78. The molecule has 132 valence electrons. The Morgan fingerprint density at radius 3 is 2.12 bits per heavy atom. The summed E-state index contributed by atoms with van der Waals surface area (Å²) in [4.78, 5) is 25.2. The molecule has 0 radical (unpaired) electrons. The van der Waals surface area contributed by atoms with E-state index >= 15 is 0 Å². The van der Waals surface area contributed by atoms with Gasteiger partial charge in [0, 0.05) is 11.8 Å². The lowest BCUT2D eigenvalue weighted by Gasteiger charge is -2.23. The summed E-state index contributed by atoms with van der Waals surface area (Å²) >= 11 is 0. The lowest BCUT2D eigenvalue weighted by molar-refractivity contribution is -0.135. The van der Waals surface area contributed by atoms with Gasteiger partial charge in [0.1, 0.15) is 16.9 Å². The standard InChI is InChI=1S/C19H22N2O4/c1-19(2,17(22)20-13-8-6-5-7-9-13)18(23)21-15-12-14(24-3)10-11-16(15)25-4/h5-12H,1-4H3,(H,20,22)(H,21,23). The molecule has 0 saturated carbocycles. The summed E-state index contributed by atoms with van der Waals surface area (Å²) in [5, 5.41) is 5.48. The molecular formula is C19H22N2O4. The van der Waals surface area contributed by atoms with E-state index in [1.807, 2.05) is 18.2 Å². The lowest BCUT2D eigenvalue weighted by atomic mass is 9.90. The maximum absolute atomic E-state index is 12.7. The minimum Gasteiger partial charge on any atom is -0.497 e. The Morgan fingerprint density at radius 1 is 0.880 bits per heavy atom. The SMILES string of the molecule is COc1ccc(OC)c(NC(=O)C(C)(C)C(=O)Nc2ccccc2)c1. The van der Waals surface area contributed by atoms with Crippen molar-refractivity contribution in [3.05, 3.63) is 48.5 Å². The summed E-state index contributed by atoms with van der Waals surface area (Å²) in [6.45, 7) is 3.13. The Hall–Kier alpha value is -3.02. The van der Waals surface area contributed by atoms with Crippen molar-refractivity contribution in [2.24, 2.45) is 5.41 Å². The second-order valence-electron chi connectivity index (χ2n) is 5.97. The molecule has 0 unspecified atom stereocenters. The molecule has 6 heteroatoms. The van der Waals surface area contributed by atoms with E-state index in [0.29, 0.717) is 22.9 Å². The second kappa shape index (κ2) is 7.70. The van der Waals surface area contributed by atoms with E-state index in [-0.39, 0.29) is 0 Å². The Labute approximate surface area is 147 Å². The van der Waals surface area contributed by atoms with Crippen LogP contribution in [0.5, 0.6) is 11.5 Å². The first-order chi connectivity index (χ1) is 11.9. The maximum atomic E-state index is 12.7. The third-order valence-corrected chi connectivity index (χ3v) is 3.82. The highest BCUT2D eigenvalue weighted by molar-refractivity contribution is 6.14. The Bertz CT molecular complexity index is 757. The van der Waals surface area contributed by atoms with Crippen LogP contribution in [0.1, 0.15) is 13.8 Å². The zero-order valence-corrected chi connectivity index (χ0v) is 14.8. The molecule has 25 heavy (non-hydrogen) atoms. The number of carbonyl (C=O) groups is 2. The number of benzene rings is 2. The summed E-state index contributed by atoms with van der Waals surface area (Å²) < 4.78 is 10.4. The Kier molecular flexibility index (Phi) is 5.64. The molecule has 0 bridgehead atoms. The van der Waals surface area contributed by atoms with Crippen LogP contribution in [0.25, 0.3) is 0 Å². The average Bonchev–Trinajstić information content (AvgIpc) is 2.62. The molecule has 0 saturated heterocycles. The normalized spacial score (nSPS) is 10.7. The topological polar surface area (TPSA) is 76.7 Å². The summed E-state index contributed by atoms with van der Waals surface area (Å²) in [6.07, 6.45) is 0. The number of nitrogens with one attached hydrogen (secondary N) is 2. The Morgan fingerprint density at radius 2 is 1.52 bits per heavy atom. The molecule has 0 spiro atoms. The molecule has 2 aromatic carbocycles.